The van der Waals surface area contributed by atoms with Gasteiger partial charge in [-0.25, -0.2) is 14.4 Å². The predicted octanol–water partition coefficient (Wildman–Crippen LogP) is 5.22. The molecule has 0 saturated carbocycles. The molecule has 9 nitrogen and oxygen atoms in total. The number of halogens is 1. The molecule has 1 aromatic heterocycles. The molecule has 0 fully saturated rings. The van der Waals surface area contributed by atoms with Crippen molar-refractivity contribution in [2.24, 2.45) is 0 Å². The van der Waals surface area contributed by atoms with Crippen LogP contribution in [0.5, 0.6) is 17.2 Å². The minimum atomic E-state index is -0.406. The van der Waals surface area contributed by atoms with Crippen LogP contribution in [0, 0.1) is 5.82 Å². The predicted molar refractivity (Wildman–Crippen MR) is 151 cm³/mol. The highest BCUT2D eigenvalue weighted by atomic mass is 19.1. The summed E-state index contributed by atoms with van der Waals surface area (Å²) in [6, 6.07) is 14.9. The van der Waals surface area contributed by atoms with Crippen LogP contribution >= 0.6 is 0 Å². The molecule has 5 rings (SSSR count). The smallest absolute Gasteiger partial charge is 0.186 e. The molecule has 0 saturated heterocycles. The second-order valence-corrected chi connectivity index (χ2v) is 8.96. The Balaban J connectivity index is 1.50. The highest BCUT2D eigenvalue weighted by Crippen LogP contribution is 2.37. The standard InChI is InChI=1S/C31H26FN3O6/c1-38-11-12-40-30-16-26-24(15-29(30)39-2)31(34-18-33-26)35-20-7-10-28(41-17-19-5-3-4-6-25(19)32)23(13-20)22-14-21(36)8-9-27(22)37/h3-10,13-16,18H,11-12,17H2,1-2H3,(H,33,34,35). The summed E-state index contributed by atoms with van der Waals surface area (Å²) in [5.41, 5.74) is 2.07. The van der Waals surface area contributed by atoms with Gasteiger partial charge in [0.2, 0.25) is 0 Å². The summed E-state index contributed by atoms with van der Waals surface area (Å²) < 4.78 is 36.5. The van der Waals surface area contributed by atoms with Gasteiger partial charge in [0.25, 0.3) is 0 Å². The Morgan fingerprint density at radius 1 is 0.878 bits per heavy atom. The van der Waals surface area contributed by atoms with E-state index in [1.54, 1.807) is 55.6 Å². The van der Waals surface area contributed by atoms with E-state index >= 15 is 0 Å². The molecule has 1 heterocycles. The van der Waals surface area contributed by atoms with Gasteiger partial charge < -0.3 is 24.3 Å². The molecule has 0 spiro atoms. The summed E-state index contributed by atoms with van der Waals surface area (Å²) in [6.45, 7) is 0.693. The SMILES string of the molecule is COCCOc1cc2ncnc(Nc3ccc(OCc4ccccc4F)c(C4=CC(=O)C=CC4=O)c3)c2cc1OC. The maximum absolute atomic E-state index is 14.2. The molecule has 0 atom stereocenters. The Hall–Kier alpha value is -5.09. The van der Waals surface area contributed by atoms with E-state index < -0.39 is 5.82 Å². The van der Waals surface area contributed by atoms with Crippen molar-refractivity contribution in [2.45, 2.75) is 6.61 Å². The number of carbonyl (C=O) groups excluding carboxylic acids is 2. The molecule has 10 heteroatoms. The third-order valence-corrected chi connectivity index (χ3v) is 6.29. The van der Waals surface area contributed by atoms with Crippen molar-refractivity contribution in [3.05, 3.63) is 96.1 Å². The number of benzene rings is 3. The monoisotopic (exact) mass is 555 g/mol. The fraction of sp³-hybridized carbons (Fsp3) is 0.161. The minimum Gasteiger partial charge on any atom is -0.493 e. The average molecular weight is 556 g/mol. The number of ether oxygens (including phenoxy) is 4. The van der Waals surface area contributed by atoms with E-state index in [0.29, 0.717) is 64.0 Å². The number of allylic oxidation sites excluding steroid dienone is 4. The molecule has 1 aliphatic carbocycles. The number of nitrogens with one attached hydrogen (secondary N) is 1. The molecule has 0 amide bonds. The number of nitrogens with zero attached hydrogens (tertiary/aromatic N) is 2. The van der Waals surface area contributed by atoms with E-state index in [4.69, 9.17) is 18.9 Å². The number of carbonyl (C=O) groups is 2. The first-order valence-corrected chi connectivity index (χ1v) is 12.7. The maximum Gasteiger partial charge on any atom is 0.186 e. The Kier molecular flexibility index (Phi) is 8.31. The summed E-state index contributed by atoms with van der Waals surface area (Å²) in [5.74, 6) is 0.715. The van der Waals surface area contributed by atoms with E-state index in [-0.39, 0.29) is 23.7 Å². The second-order valence-electron chi connectivity index (χ2n) is 8.96. The topological polar surface area (TPSA) is 109 Å². The van der Waals surface area contributed by atoms with E-state index in [2.05, 4.69) is 15.3 Å². The first-order chi connectivity index (χ1) is 20.0. The molecular weight excluding hydrogens is 529 g/mol. The number of hydrogen-bond donors (Lipinski definition) is 1. The lowest BCUT2D eigenvalue weighted by Gasteiger charge is -2.17. The fourth-order valence-corrected chi connectivity index (χ4v) is 4.24. The molecule has 0 radical (unpaired) electrons. The molecule has 3 aromatic carbocycles. The van der Waals surface area contributed by atoms with E-state index in [0.717, 1.165) is 0 Å². The van der Waals surface area contributed by atoms with Gasteiger partial charge in [-0.2, -0.15) is 0 Å². The van der Waals surface area contributed by atoms with Crippen LogP contribution in [0.25, 0.3) is 16.5 Å². The van der Waals surface area contributed by atoms with Gasteiger partial charge in [0.05, 0.1) is 19.2 Å². The molecule has 4 aromatic rings. The first-order valence-electron chi connectivity index (χ1n) is 12.7. The van der Waals surface area contributed by atoms with Crippen molar-refractivity contribution in [1.29, 1.82) is 0 Å². The van der Waals surface area contributed by atoms with Gasteiger partial charge in [-0.05, 0) is 48.6 Å². The maximum atomic E-state index is 14.2. The number of methoxy groups -OCH3 is 2. The van der Waals surface area contributed by atoms with Gasteiger partial charge in [0, 0.05) is 40.9 Å². The third-order valence-electron chi connectivity index (χ3n) is 6.29. The van der Waals surface area contributed by atoms with Crippen LogP contribution in [0.2, 0.25) is 0 Å². The van der Waals surface area contributed by atoms with Crippen molar-refractivity contribution in [1.82, 2.24) is 9.97 Å². The lowest BCUT2D eigenvalue weighted by Crippen LogP contribution is -2.09. The zero-order valence-electron chi connectivity index (χ0n) is 22.3. The average Bonchev–Trinajstić information content (AvgIpc) is 2.98. The van der Waals surface area contributed by atoms with Gasteiger partial charge in [-0.3, -0.25) is 9.59 Å². The van der Waals surface area contributed by atoms with Gasteiger partial charge in [0.1, 0.15) is 36.9 Å². The van der Waals surface area contributed by atoms with Crippen molar-refractivity contribution < 1.29 is 32.9 Å². The molecule has 208 valence electrons. The normalized spacial score (nSPS) is 12.8. The van der Waals surface area contributed by atoms with E-state index in [1.807, 2.05) is 0 Å². The largest absolute Gasteiger partial charge is 0.493 e. The zero-order chi connectivity index (χ0) is 28.8. The Morgan fingerprint density at radius 2 is 1.73 bits per heavy atom. The summed E-state index contributed by atoms with van der Waals surface area (Å²) in [4.78, 5) is 33.7. The van der Waals surface area contributed by atoms with Crippen molar-refractivity contribution in [3.63, 3.8) is 0 Å². The quantitative estimate of drug-likeness (QED) is 0.197. The van der Waals surface area contributed by atoms with Crippen LogP contribution in [0.4, 0.5) is 15.9 Å². The third kappa shape index (κ3) is 6.23. The molecule has 41 heavy (non-hydrogen) atoms. The molecule has 1 N–H and O–H groups in total. The van der Waals surface area contributed by atoms with Crippen LogP contribution in [-0.2, 0) is 20.9 Å². The summed E-state index contributed by atoms with van der Waals surface area (Å²) in [5, 5.41) is 3.92. The Morgan fingerprint density at radius 3 is 2.54 bits per heavy atom. The number of fused-ring (bicyclic) bond motifs is 1. The fourth-order valence-electron chi connectivity index (χ4n) is 4.24. The Bertz CT molecular complexity index is 1680. The van der Waals surface area contributed by atoms with Crippen LogP contribution in [0.15, 0.2) is 79.2 Å². The van der Waals surface area contributed by atoms with E-state index in [9.17, 15) is 14.0 Å². The lowest BCUT2D eigenvalue weighted by molar-refractivity contribution is -0.113. The van der Waals surface area contributed by atoms with Gasteiger partial charge in [0.15, 0.2) is 23.1 Å². The van der Waals surface area contributed by atoms with Gasteiger partial charge in [-0.15, -0.1) is 0 Å². The first kappa shape index (κ1) is 27.5. The van der Waals surface area contributed by atoms with Crippen LogP contribution in [0.1, 0.15) is 11.1 Å². The number of rotatable bonds is 11. The minimum absolute atomic E-state index is 0.0666. The summed E-state index contributed by atoms with van der Waals surface area (Å²) in [6.07, 6.45) is 5.10. The number of anilines is 2. The molecule has 1 aliphatic rings. The molecule has 0 bridgehead atoms. The van der Waals surface area contributed by atoms with Crippen molar-refractivity contribution in [3.8, 4) is 17.2 Å². The number of aromatic nitrogens is 2. The van der Waals surface area contributed by atoms with Crippen LogP contribution in [0.3, 0.4) is 0 Å². The van der Waals surface area contributed by atoms with Gasteiger partial charge in [-0.1, -0.05) is 18.2 Å². The Labute approximate surface area is 235 Å². The highest BCUT2D eigenvalue weighted by molar-refractivity contribution is 6.34. The van der Waals surface area contributed by atoms with Crippen molar-refractivity contribution >= 4 is 39.5 Å². The molecule has 0 unspecified atom stereocenters. The van der Waals surface area contributed by atoms with Crippen LogP contribution in [-0.4, -0.2) is 49.0 Å². The summed E-state index contributed by atoms with van der Waals surface area (Å²) in [7, 11) is 3.13. The molecule has 0 aliphatic heterocycles. The highest BCUT2D eigenvalue weighted by Gasteiger charge is 2.21. The van der Waals surface area contributed by atoms with Crippen LogP contribution < -0.4 is 19.5 Å². The molecular formula is C31H26FN3O6. The lowest BCUT2D eigenvalue weighted by atomic mass is 9.95. The van der Waals surface area contributed by atoms with E-state index in [1.165, 1.54) is 37.7 Å². The van der Waals surface area contributed by atoms with Crippen molar-refractivity contribution in [2.75, 3.05) is 32.8 Å². The van der Waals surface area contributed by atoms with Gasteiger partial charge >= 0.3 is 0 Å². The number of ketones is 2. The zero-order valence-corrected chi connectivity index (χ0v) is 22.3. The number of hydrogen-bond acceptors (Lipinski definition) is 9. The second kappa shape index (κ2) is 12.4. The summed E-state index contributed by atoms with van der Waals surface area (Å²) >= 11 is 0.